The molecule has 0 aliphatic carbocycles. The second-order valence-electron chi connectivity index (χ2n) is 3.98. The van der Waals surface area contributed by atoms with Crippen LogP contribution in [0.5, 0.6) is 0 Å². The van der Waals surface area contributed by atoms with Crippen LogP contribution in [0.1, 0.15) is 12.5 Å². The van der Waals surface area contributed by atoms with E-state index in [4.69, 9.17) is 0 Å². The third-order valence-electron chi connectivity index (χ3n) is 2.62. The molecule has 0 unspecified atom stereocenters. The summed E-state index contributed by atoms with van der Waals surface area (Å²) in [5.41, 5.74) is 0.688. The van der Waals surface area contributed by atoms with Crippen molar-refractivity contribution in [2.45, 2.75) is 24.9 Å². The van der Waals surface area contributed by atoms with E-state index in [9.17, 15) is 12.8 Å². The number of aryl methyl sites for hydroxylation is 1. The quantitative estimate of drug-likeness (QED) is 0.905. The monoisotopic (exact) mass is 283 g/mol. The Labute approximate surface area is 111 Å². The Kier molecular flexibility index (Phi) is 3.96. The van der Waals surface area contributed by atoms with Crippen LogP contribution in [-0.2, 0) is 23.1 Å². The Bertz CT molecular complexity index is 650. The van der Waals surface area contributed by atoms with Gasteiger partial charge in [0.05, 0.1) is 6.20 Å². The summed E-state index contributed by atoms with van der Waals surface area (Å²) in [5.74, 6) is -0.351. The van der Waals surface area contributed by atoms with Gasteiger partial charge in [-0.05, 0) is 24.6 Å². The first-order chi connectivity index (χ1) is 9.01. The molecule has 0 spiro atoms. The lowest BCUT2D eigenvalue weighted by atomic mass is 10.2. The van der Waals surface area contributed by atoms with Gasteiger partial charge in [0.15, 0.2) is 0 Å². The molecule has 2 rings (SSSR count). The van der Waals surface area contributed by atoms with Crippen LogP contribution >= 0.6 is 0 Å². The number of rotatable bonds is 5. The molecule has 2 aromatic rings. The third kappa shape index (κ3) is 3.39. The van der Waals surface area contributed by atoms with Crippen molar-refractivity contribution < 1.29 is 12.8 Å². The lowest BCUT2D eigenvalue weighted by molar-refractivity contribution is 0.580. The van der Waals surface area contributed by atoms with Crippen molar-refractivity contribution in [3.05, 3.63) is 48.0 Å². The van der Waals surface area contributed by atoms with Gasteiger partial charge >= 0.3 is 0 Å². The van der Waals surface area contributed by atoms with Crippen molar-refractivity contribution in [2.75, 3.05) is 0 Å². The summed E-state index contributed by atoms with van der Waals surface area (Å²) in [4.78, 5) is 0.122. The topological polar surface area (TPSA) is 64.0 Å². The predicted octanol–water partition coefficient (Wildman–Crippen LogP) is 1.52. The van der Waals surface area contributed by atoms with Crippen LogP contribution in [0.4, 0.5) is 4.39 Å². The van der Waals surface area contributed by atoms with E-state index >= 15 is 0 Å². The molecule has 1 aromatic carbocycles. The van der Waals surface area contributed by atoms with Gasteiger partial charge in [-0.2, -0.15) is 5.10 Å². The predicted molar refractivity (Wildman–Crippen MR) is 68.3 cm³/mol. The number of nitrogens with one attached hydrogen (secondary N) is 1. The van der Waals surface area contributed by atoms with E-state index in [2.05, 4.69) is 9.82 Å². The Morgan fingerprint density at radius 2 is 2.00 bits per heavy atom. The van der Waals surface area contributed by atoms with Crippen molar-refractivity contribution >= 4 is 10.0 Å². The molecule has 0 bridgehead atoms. The maximum atomic E-state index is 12.7. The van der Waals surface area contributed by atoms with E-state index in [-0.39, 0.29) is 17.3 Å². The summed E-state index contributed by atoms with van der Waals surface area (Å²) in [5, 5.41) is 3.92. The summed E-state index contributed by atoms with van der Waals surface area (Å²) in [6.45, 7) is 2.59. The number of hydrogen-bond acceptors (Lipinski definition) is 3. The lowest BCUT2D eigenvalue weighted by Gasteiger charge is -2.04. The van der Waals surface area contributed by atoms with Gasteiger partial charge in [-0.25, -0.2) is 17.5 Å². The maximum Gasteiger partial charge on any atom is 0.243 e. The highest BCUT2D eigenvalue weighted by Gasteiger charge is 2.15. The fourth-order valence-electron chi connectivity index (χ4n) is 1.52. The molecular weight excluding hydrogens is 269 g/mol. The lowest BCUT2D eigenvalue weighted by Crippen LogP contribution is -2.22. The largest absolute Gasteiger partial charge is 0.272 e. The molecule has 1 aromatic heterocycles. The molecule has 0 amide bonds. The maximum absolute atomic E-state index is 12.7. The summed E-state index contributed by atoms with van der Waals surface area (Å²) >= 11 is 0. The van der Waals surface area contributed by atoms with Gasteiger partial charge in [0, 0.05) is 19.3 Å². The molecule has 0 atom stereocenters. The Balaban J connectivity index is 2.07. The zero-order valence-electron chi connectivity index (χ0n) is 10.4. The Hall–Kier alpha value is -1.73. The minimum absolute atomic E-state index is 0.111. The van der Waals surface area contributed by atoms with Crippen LogP contribution in [0.15, 0.2) is 41.6 Å². The molecule has 0 radical (unpaired) electrons. The van der Waals surface area contributed by atoms with E-state index in [0.29, 0.717) is 12.1 Å². The number of halogens is 1. The molecular formula is C12H14FN3O2S. The summed E-state index contributed by atoms with van der Waals surface area (Å²) in [6, 6.07) is 5.65. The molecule has 7 heteroatoms. The smallest absolute Gasteiger partial charge is 0.243 e. The minimum Gasteiger partial charge on any atom is -0.272 e. The number of sulfonamides is 1. The van der Waals surface area contributed by atoms with Crippen molar-refractivity contribution in [1.82, 2.24) is 14.5 Å². The first kappa shape index (κ1) is 13.7. The SMILES string of the molecule is CCn1cc(S(=O)(=O)NCc2ccc(F)cc2)cn1. The fraction of sp³-hybridized carbons (Fsp3) is 0.250. The zero-order valence-corrected chi connectivity index (χ0v) is 11.2. The van der Waals surface area contributed by atoms with Crippen molar-refractivity contribution in [3.8, 4) is 0 Å². The Morgan fingerprint density at radius 1 is 1.32 bits per heavy atom. The number of benzene rings is 1. The summed E-state index contributed by atoms with van der Waals surface area (Å²) in [7, 11) is -3.58. The highest BCUT2D eigenvalue weighted by atomic mass is 32.2. The first-order valence-electron chi connectivity index (χ1n) is 5.78. The Morgan fingerprint density at radius 3 is 2.58 bits per heavy atom. The molecule has 102 valence electrons. The third-order valence-corrected chi connectivity index (χ3v) is 3.98. The van der Waals surface area contributed by atoms with E-state index in [0.717, 1.165) is 0 Å². The van der Waals surface area contributed by atoms with Gasteiger partial charge in [-0.1, -0.05) is 12.1 Å². The van der Waals surface area contributed by atoms with Crippen LogP contribution in [0.3, 0.4) is 0 Å². The van der Waals surface area contributed by atoms with E-state index < -0.39 is 10.0 Å². The second kappa shape index (κ2) is 5.50. The van der Waals surface area contributed by atoms with Gasteiger partial charge in [-0.15, -0.1) is 0 Å². The highest BCUT2D eigenvalue weighted by molar-refractivity contribution is 7.89. The number of aromatic nitrogens is 2. The van der Waals surface area contributed by atoms with Gasteiger partial charge in [0.25, 0.3) is 0 Å². The summed E-state index contributed by atoms with van der Waals surface area (Å²) in [6.07, 6.45) is 2.77. The van der Waals surface area contributed by atoms with E-state index in [1.165, 1.54) is 41.3 Å². The van der Waals surface area contributed by atoms with Crippen molar-refractivity contribution in [2.24, 2.45) is 0 Å². The normalized spacial score (nSPS) is 11.7. The van der Waals surface area contributed by atoms with Crippen molar-refractivity contribution in [3.63, 3.8) is 0 Å². The van der Waals surface area contributed by atoms with Gasteiger partial charge in [0.1, 0.15) is 10.7 Å². The molecule has 0 fully saturated rings. The molecule has 0 saturated carbocycles. The van der Waals surface area contributed by atoms with Crippen LogP contribution in [0, 0.1) is 5.82 Å². The van der Waals surface area contributed by atoms with E-state index in [1.54, 1.807) is 0 Å². The molecule has 5 nitrogen and oxygen atoms in total. The first-order valence-corrected chi connectivity index (χ1v) is 7.26. The number of nitrogens with zero attached hydrogens (tertiary/aromatic N) is 2. The van der Waals surface area contributed by atoms with Crippen LogP contribution < -0.4 is 4.72 Å². The molecule has 19 heavy (non-hydrogen) atoms. The average molecular weight is 283 g/mol. The standard InChI is InChI=1S/C12H14FN3O2S/c1-2-16-9-12(8-14-16)19(17,18)15-7-10-3-5-11(13)6-4-10/h3-6,8-9,15H,2,7H2,1H3. The minimum atomic E-state index is -3.58. The highest BCUT2D eigenvalue weighted by Crippen LogP contribution is 2.09. The molecule has 1 N–H and O–H groups in total. The molecule has 1 heterocycles. The zero-order chi connectivity index (χ0) is 13.9. The van der Waals surface area contributed by atoms with Crippen LogP contribution in [0.25, 0.3) is 0 Å². The molecule has 0 saturated heterocycles. The second-order valence-corrected chi connectivity index (χ2v) is 5.75. The van der Waals surface area contributed by atoms with Crippen LogP contribution in [-0.4, -0.2) is 18.2 Å². The van der Waals surface area contributed by atoms with E-state index in [1.807, 2.05) is 6.92 Å². The molecule has 0 aliphatic heterocycles. The summed E-state index contributed by atoms with van der Waals surface area (Å²) < 4.78 is 40.6. The van der Waals surface area contributed by atoms with Crippen molar-refractivity contribution in [1.29, 1.82) is 0 Å². The fourth-order valence-corrected chi connectivity index (χ4v) is 2.49. The van der Waals surface area contributed by atoms with Gasteiger partial charge in [0.2, 0.25) is 10.0 Å². The average Bonchev–Trinajstić information content (AvgIpc) is 2.88. The van der Waals surface area contributed by atoms with Crippen LogP contribution in [0.2, 0.25) is 0 Å². The van der Waals surface area contributed by atoms with Gasteiger partial charge in [-0.3, -0.25) is 4.68 Å². The number of hydrogen-bond donors (Lipinski definition) is 1. The molecule has 0 aliphatic rings. The van der Waals surface area contributed by atoms with Gasteiger partial charge < -0.3 is 0 Å².